The SMILES string of the molecule is CCCCC1=CC=CC(CCCCC(C)C)(C(=O)O)C1CCOC. The van der Waals surface area contributed by atoms with Crippen molar-refractivity contribution < 1.29 is 14.6 Å². The molecule has 1 aliphatic carbocycles. The first-order chi connectivity index (χ1) is 11.5. The Bertz CT molecular complexity index is 436. The molecule has 138 valence electrons. The molecule has 1 N–H and O–H groups in total. The van der Waals surface area contributed by atoms with Crippen molar-refractivity contribution in [1.29, 1.82) is 0 Å². The highest BCUT2D eigenvalue weighted by Crippen LogP contribution is 2.45. The third-order valence-corrected chi connectivity index (χ3v) is 5.22. The minimum absolute atomic E-state index is 0.0607. The normalized spacial score (nSPS) is 23.5. The molecule has 1 rings (SSSR count). The van der Waals surface area contributed by atoms with Crippen molar-refractivity contribution in [2.75, 3.05) is 13.7 Å². The van der Waals surface area contributed by atoms with Crippen LogP contribution in [0.4, 0.5) is 0 Å². The fourth-order valence-electron chi connectivity index (χ4n) is 3.78. The standard InChI is InChI=1S/C21H36O3/c1-5-6-11-18-12-9-15-21(20(22)23,19(18)13-16-24-4)14-8-7-10-17(2)3/h9,12,15,17,19H,5-8,10-11,13-14,16H2,1-4H3,(H,22,23). The molecule has 0 saturated carbocycles. The number of hydrogen-bond acceptors (Lipinski definition) is 2. The highest BCUT2D eigenvalue weighted by Gasteiger charge is 2.45. The molecule has 0 bridgehead atoms. The fourth-order valence-corrected chi connectivity index (χ4v) is 3.78. The molecule has 0 radical (unpaired) electrons. The number of unbranched alkanes of at least 4 members (excludes halogenated alkanes) is 2. The highest BCUT2D eigenvalue weighted by molar-refractivity contribution is 5.79. The van der Waals surface area contributed by atoms with Gasteiger partial charge in [0.2, 0.25) is 0 Å². The average molecular weight is 337 g/mol. The Kier molecular flexibility index (Phi) is 9.35. The first-order valence-corrected chi connectivity index (χ1v) is 9.58. The summed E-state index contributed by atoms with van der Waals surface area (Å²) in [7, 11) is 1.69. The Morgan fingerprint density at radius 2 is 2.08 bits per heavy atom. The molecule has 0 aromatic heterocycles. The van der Waals surface area contributed by atoms with E-state index in [1.165, 1.54) is 12.0 Å². The number of carbonyl (C=O) groups is 1. The molecule has 3 heteroatoms. The summed E-state index contributed by atoms with van der Waals surface area (Å²) in [5.74, 6) is 0.0639. The number of ether oxygens (including phenoxy) is 1. The smallest absolute Gasteiger partial charge is 0.314 e. The van der Waals surface area contributed by atoms with Gasteiger partial charge >= 0.3 is 5.97 Å². The summed E-state index contributed by atoms with van der Waals surface area (Å²) in [5.41, 5.74) is 0.538. The lowest BCUT2D eigenvalue weighted by atomic mass is 9.64. The van der Waals surface area contributed by atoms with Crippen LogP contribution < -0.4 is 0 Å². The number of carboxylic acid groups (broad SMARTS) is 1. The van der Waals surface area contributed by atoms with Gasteiger partial charge in [-0.15, -0.1) is 0 Å². The Morgan fingerprint density at radius 1 is 1.33 bits per heavy atom. The van der Waals surface area contributed by atoms with Gasteiger partial charge in [0.25, 0.3) is 0 Å². The van der Waals surface area contributed by atoms with Crippen LogP contribution in [0.3, 0.4) is 0 Å². The summed E-state index contributed by atoms with van der Waals surface area (Å²) in [5, 5.41) is 10.1. The molecule has 2 unspecified atom stereocenters. The number of methoxy groups -OCH3 is 1. The van der Waals surface area contributed by atoms with Gasteiger partial charge in [-0.25, -0.2) is 0 Å². The summed E-state index contributed by atoms with van der Waals surface area (Å²) in [6, 6.07) is 0. The van der Waals surface area contributed by atoms with Crippen molar-refractivity contribution in [3.8, 4) is 0 Å². The minimum atomic E-state index is -0.757. The number of allylic oxidation sites excluding steroid dienone is 3. The molecule has 0 aromatic carbocycles. The van der Waals surface area contributed by atoms with Crippen LogP contribution in [0.1, 0.15) is 72.1 Å². The summed E-state index contributed by atoms with van der Waals surface area (Å²) in [6.45, 7) is 7.24. The van der Waals surface area contributed by atoms with E-state index in [1.807, 2.05) is 12.2 Å². The molecule has 3 nitrogen and oxygen atoms in total. The Labute approximate surface area is 148 Å². The van der Waals surface area contributed by atoms with Crippen molar-refractivity contribution in [2.24, 2.45) is 17.3 Å². The number of rotatable bonds is 12. The van der Waals surface area contributed by atoms with E-state index in [1.54, 1.807) is 7.11 Å². The van der Waals surface area contributed by atoms with Gasteiger partial charge in [-0.3, -0.25) is 4.79 Å². The van der Waals surface area contributed by atoms with Crippen LogP contribution in [0.25, 0.3) is 0 Å². The van der Waals surface area contributed by atoms with Gasteiger partial charge in [-0.2, -0.15) is 0 Å². The van der Waals surface area contributed by atoms with Gasteiger partial charge in [-0.05, 0) is 31.6 Å². The van der Waals surface area contributed by atoms with Crippen molar-refractivity contribution in [3.63, 3.8) is 0 Å². The maximum atomic E-state index is 12.3. The Balaban J connectivity index is 2.93. The fraction of sp³-hybridized carbons (Fsp3) is 0.762. The zero-order chi connectivity index (χ0) is 18.0. The Hall–Kier alpha value is -1.09. The first kappa shape index (κ1) is 21.0. The molecular weight excluding hydrogens is 300 g/mol. The lowest BCUT2D eigenvalue weighted by Crippen LogP contribution is -2.40. The third kappa shape index (κ3) is 5.77. The molecule has 0 spiro atoms. The zero-order valence-corrected chi connectivity index (χ0v) is 16.0. The molecule has 0 amide bonds. The predicted octanol–water partition coefficient (Wildman–Crippen LogP) is 5.61. The van der Waals surface area contributed by atoms with E-state index in [0.717, 1.165) is 44.9 Å². The quantitative estimate of drug-likeness (QED) is 0.471. The van der Waals surface area contributed by atoms with Crippen LogP contribution in [0.5, 0.6) is 0 Å². The van der Waals surface area contributed by atoms with E-state index in [9.17, 15) is 9.90 Å². The molecular formula is C21H36O3. The maximum absolute atomic E-state index is 12.3. The van der Waals surface area contributed by atoms with Crippen LogP contribution in [-0.4, -0.2) is 24.8 Å². The summed E-state index contributed by atoms with van der Waals surface area (Å²) >= 11 is 0. The van der Waals surface area contributed by atoms with Gasteiger partial charge in [0.05, 0.1) is 5.41 Å². The van der Waals surface area contributed by atoms with Crippen LogP contribution in [0, 0.1) is 17.3 Å². The molecule has 0 saturated heterocycles. The second-order valence-electron chi connectivity index (χ2n) is 7.52. The van der Waals surface area contributed by atoms with E-state index in [4.69, 9.17) is 4.74 Å². The highest BCUT2D eigenvalue weighted by atomic mass is 16.5. The molecule has 2 atom stereocenters. The minimum Gasteiger partial charge on any atom is -0.481 e. The van der Waals surface area contributed by atoms with Gasteiger partial charge in [-0.1, -0.05) is 70.3 Å². The van der Waals surface area contributed by atoms with Crippen molar-refractivity contribution in [1.82, 2.24) is 0 Å². The monoisotopic (exact) mass is 336 g/mol. The predicted molar refractivity (Wildman–Crippen MR) is 100 cm³/mol. The van der Waals surface area contributed by atoms with Crippen LogP contribution in [0.2, 0.25) is 0 Å². The van der Waals surface area contributed by atoms with Crippen LogP contribution >= 0.6 is 0 Å². The third-order valence-electron chi connectivity index (χ3n) is 5.22. The van der Waals surface area contributed by atoms with Gasteiger partial charge in [0.15, 0.2) is 0 Å². The van der Waals surface area contributed by atoms with E-state index in [-0.39, 0.29) is 5.92 Å². The van der Waals surface area contributed by atoms with E-state index < -0.39 is 11.4 Å². The molecule has 0 heterocycles. The van der Waals surface area contributed by atoms with Crippen molar-refractivity contribution in [3.05, 3.63) is 23.8 Å². The van der Waals surface area contributed by atoms with Gasteiger partial charge < -0.3 is 9.84 Å². The van der Waals surface area contributed by atoms with Crippen molar-refractivity contribution >= 4 is 5.97 Å². The molecule has 0 aliphatic heterocycles. The molecule has 1 aliphatic rings. The molecule has 0 fully saturated rings. The van der Waals surface area contributed by atoms with Crippen LogP contribution in [0.15, 0.2) is 23.8 Å². The maximum Gasteiger partial charge on any atom is 0.314 e. The van der Waals surface area contributed by atoms with E-state index in [0.29, 0.717) is 12.5 Å². The van der Waals surface area contributed by atoms with E-state index >= 15 is 0 Å². The summed E-state index contributed by atoms with van der Waals surface area (Å²) < 4.78 is 5.28. The lowest BCUT2D eigenvalue weighted by Gasteiger charge is -2.39. The average Bonchev–Trinajstić information content (AvgIpc) is 2.55. The molecule has 0 aromatic rings. The van der Waals surface area contributed by atoms with Gasteiger partial charge in [0.1, 0.15) is 0 Å². The van der Waals surface area contributed by atoms with Crippen LogP contribution in [-0.2, 0) is 9.53 Å². The lowest BCUT2D eigenvalue weighted by molar-refractivity contribution is -0.149. The topological polar surface area (TPSA) is 46.5 Å². The molecule has 24 heavy (non-hydrogen) atoms. The number of carboxylic acids is 1. The second-order valence-corrected chi connectivity index (χ2v) is 7.52. The summed E-state index contributed by atoms with van der Waals surface area (Å²) in [6.07, 6.45) is 14.1. The Morgan fingerprint density at radius 3 is 2.67 bits per heavy atom. The zero-order valence-electron chi connectivity index (χ0n) is 16.0. The first-order valence-electron chi connectivity index (χ1n) is 9.58. The number of hydrogen-bond donors (Lipinski definition) is 1. The van der Waals surface area contributed by atoms with Gasteiger partial charge in [0, 0.05) is 19.6 Å². The summed E-state index contributed by atoms with van der Waals surface area (Å²) in [4.78, 5) is 12.3. The second kappa shape index (κ2) is 10.7. The largest absolute Gasteiger partial charge is 0.481 e. The van der Waals surface area contributed by atoms with Crippen molar-refractivity contribution in [2.45, 2.75) is 72.1 Å². The number of aliphatic carboxylic acids is 1. The van der Waals surface area contributed by atoms with E-state index in [2.05, 4.69) is 26.8 Å².